The highest BCUT2D eigenvalue weighted by Gasteiger charge is 2.20. The molecule has 0 heterocycles. The normalized spacial score (nSPS) is 16.2. The highest BCUT2D eigenvalue weighted by Crippen LogP contribution is 2.22. The Hall–Kier alpha value is -0.0400. The van der Waals surface area contributed by atoms with Crippen molar-refractivity contribution in [3.8, 4) is 0 Å². The summed E-state index contributed by atoms with van der Waals surface area (Å²) in [6.07, 6.45) is 6.37. The molecule has 0 aliphatic rings. The predicted molar refractivity (Wildman–Crippen MR) is 60.7 cm³/mol. The molecule has 2 N–H and O–H groups in total. The smallest absolute Gasteiger partial charge is 0.00928 e. The van der Waals surface area contributed by atoms with Gasteiger partial charge in [-0.25, -0.2) is 0 Å². The van der Waals surface area contributed by atoms with Crippen LogP contribution in [-0.4, -0.2) is 6.04 Å². The molecule has 0 aromatic rings. The SMILES string of the molecule is CCCC(CCC)C(N)C(C)CC. The fourth-order valence-corrected chi connectivity index (χ4v) is 2.01. The molecule has 1 heteroatoms. The molecule has 0 aromatic carbocycles. The minimum absolute atomic E-state index is 0.421. The third-order valence-corrected chi connectivity index (χ3v) is 3.16. The molecule has 1 nitrogen and oxygen atoms in total. The lowest BCUT2D eigenvalue weighted by Crippen LogP contribution is -2.36. The summed E-state index contributed by atoms with van der Waals surface area (Å²) in [5.41, 5.74) is 6.24. The number of hydrogen-bond donors (Lipinski definition) is 1. The van der Waals surface area contributed by atoms with Gasteiger partial charge in [-0.3, -0.25) is 0 Å². The minimum atomic E-state index is 0.421. The monoisotopic (exact) mass is 185 g/mol. The molecule has 13 heavy (non-hydrogen) atoms. The van der Waals surface area contributed by atoms with Gasteiger partial charge < -0.3 is 5.73 Å². The maximum Gasteiger partial charge on any atom is 0.00928 e. The molecular weight excluding hydrogens is 158 g/mol. The van der Waals surface area contributed by atoms with E-state index in [0.29, 0.717) is 12.0 Å². The first-order chi connectivity index (χ1) is 6.17. The van der Waals surface area contributed by atoms with Crippen LogP contribution in [0.3, 0.4) is 0 Å². The molecule has 0 aliphatic heterocycles. The van der Waals surface area contributed by atoms with Crippen LogP contribution < -0.4 is 5.73 Å². The molecule has 0 fully saturated rings. The van der Waals surface area contributed by atoms with Crippen LogP contribution in [0.1, 0.15) is 59.8 Å². The van der Waals surface area contributed by atoms with E-state index in [2.05, 4.69) is 27.7 Å². The van der Waals surface area contributed by atoms with Crippen LogP contribution in [0.25, 0.3) is 0 Å². The third-order valence-electron chi connectivity index (χ3n) is 3.16. The Morgan fingerprint density at radius 3 is 1.77 bits per heavy atom. The molecule has 0 saturated carbocycles. The summed E-state index contributed by atoms with van der Waals surface area (Å²) < 4.78 is 0. The maximum atomic E-state index is 6.24. The molecule has 0 spiro atoms. The summed E-state index contributed by atoms with van der Waals surface area (Å²) in [5, 5.41) is 0. The topological polar surface area (TPSA) is 26.0 Å². The van der Waals surface area contributed by atoms with Crippen molar-refractivity contribution in [2.24, 2.45) is 17.6 Å². The zero-order valence-electron chi connectivity index (χ0n) is 9.84. The van der Waals surface area contributed by atoms with E-state index in [-0.39, 0.29) is 0 Å². The summed E-state index contributed by atoms with van der Waals surface area (Å²) in [4.78, 5) is 0. The Morgan fingerprint density at radius 1 is 1.00 bits per heavy atom. The van der Waals surface area contributed by atoms with E-state index in [1.165, 1.54) is 32.1 Å². The van der Waals surface area contributed by atoms with E-state index >= 15 is 0 Å². The average molecular weight is 185 g/mol. The van der Waals surface area contributed by atoms with Crippen LogP contribution >= 0.6 is 0 Å². The molecule has 0 rings (SSSR count). The van der Waals surface area contributed by atoms with E-state index in [1.54, 1.807) is 0 Å². The van der Waals surface area contributed by atoms with Crippen molar-refractivity contribution in [1.29, 1.82) is 0 Å². The molecule has 2 unspecified atom stereocenters. The van der Waals surface area contributed by atoms with Gasteiger partial charge in [-0.1, -0.05) is 47.0 Å². The molecule has 0 aliphatic carbocycles. The number of hydrogen-bond acceptors (Lipinski definition) is 1. The predicted octanol–water partition coefficient (Wildman–Crippen LogP) is 3.58. The van der Waals surface area contributed by atoms with Crippen LogP contribution in [0.5, 0.6) is 0 Å². The van der Waals surface area contributed by atoms with Gasteiger partial charge in [0.1, 0.15) is 0 Å². The van der Waals surface area contributed by atoms with Gasteiger partial charge in [-0.05, 0) is 24.7 Å². The highest BCUT2D eigenvalue weighted by molar-refractivity contribution is 4.76. The lowest BCUT2D eigenvalue weighted by Gasteiger charge is -2.27. The molecule has 0 saturated heterocycles. The van der Waals surface area contributed by atoms with Crippen LogP contribution in [0.4, 0.5) is 0 Å². The molecule has 0 radical (unpaired) electrons. The summed E-state index contributed by atoms with van der Waals surface area (Å²) in [6.45, 7) is 9.03. The van der Waals surface area contributed by atoms with Gasteiger partial charge >= 0.3 is 0 Å². The van der Waals surface area contributed by atoms with Crippen molar-refractivity contribution in [2.45, 2.75) is 65.8 Å². The van der Waals surface area contributed by atoms with Gasteiger partial charge in [0.15, 0.2) is 0 Å². The van der Waals surface area contributed by atoms with E-state index < -0.39 is 0 Å². The fraction of sp³-hybridized carbons (Fsp3) is 1.00. The molecule has 2 atom stereocenters. The Kier molecular flexibility index (Phi) is 7.35. The van der Waals surface area contributed by atoms with Crippen molar-refractivity contribution >= 4 is 0 Å². The van der Waals surface area contributed by atoms with Gasteiger partial charge in [0, 0.05) is 6.04 Å². The van der Waals surface area contributed by atoms with E-state index in [4.69, 9.17) is 5.73 Å². The van der Waals surface area contributed by atoms with Crippen LogP contribution in [-0.2, 0) is 0 Å². The standard InChI is InChI=1S/C12H27N/c1-5-8-11(9-6-2)12(13)10(4)7-3/h10-12H,5-9,13H2,1-4H3. The Morgan fingerprint density at radius 2 is 1.46 bits per heavy atom. The zero-order chi connectivity index (χ0) is 10.3. The van der Waals surface area contributed by atoms with Gasteiger partial charge in [0.2, 0.25) is 0 Å². The van der Waals surface area contributed by atoms with Crippen molar-refractivity contribution in [3.63, 3.8) is 0 Å². The second-order valence-corrected chi connectivity index (χ2v) is 4.30. The van der Waals surface area contributed by atoms with Gasteiger partial charge in [-0.2, -0.15) is 0 Å². The molecule has 0 aromatic heterocycles. The van der Waals surface area contributed by atoms with Crippen LogP contribution in [0, 0.1) is 11.8 Å². The highest BCUT2D eigenvalue weighted by atomic mass is 14.7. The summed E-state index contributed by atoms with van der Waals surface area (Å²) in [7, 11) is 0. The molecular formula is C12H27N. The van der Waals surface area contributed by atoms with E-state index in [1.807, 2.05) is 0 Å². The van der Waals surface area contributed by atoms with Gasteiger partial charge in [0.25, 0.3) is 0 Å². The number of rotatable bonds is 7. The molecule has 0 bridgehead atoms. The first kappa shape index (κ1) is 13.0. The minimum Gasteiger partial charge on any atom is -0.327 e. The lowest BCUT2D eigenvalue weighted by molar-refractivity contribution is 0.284. The first-order valence-corrected chi connectivity index (χ1v) is 5.92. The van der Waals surface area contributed by atoms with Crippen molar-refractivity contribution in [2.75, 3.05) is 0 Å². The lowest BCUT2D eigenvalue weighted by atomic mass is 9.83. The molecule has 80 valence electrons. The largest absolute Gasteiger partial charge is 0.327 e. The molecule has 0 amide bonds. The van der Waals surface area contributed by atoms with E-state index in [9.17, 15) is 0 Å². The zero-order valence-corrected chi connectivity index (χ0v) is 9.84. The Bertz CT molecular complexity index is 106. The average Bonchev–Trinajstić information content (AvgIpc) is 2.15. The fourth-order valence-electron chi connectivity index (χ4n) is 2.01. The Balaban J connectivity index is 4.00. The quantitative estimate of drug-likeness (QED) is 0.644. The third kappa shape index (κ3) is 4.66. The van der Waals surface area contributed by atoms with Crippen molar-refractivity contribution in [1.82, 2.24) is 0 Å². The van der Waals surface area contributed by atoms with Crippen molar-refractivity contribution in [3.05, 3.63) is 0 Å². The van der Waals surface area contributed by atoms with Crippen LogP contribution in [0.15, 0.2) is 0 Å². The maximum absolute atomic E-state index is 6.24. The summed E-state index contributed by atoms with van der Waals surface area (Å²) in [5.74, 6) is 1.44. The second kappa shape index (κ2) is 7.37. The Labute approximate surface area is 84.1 Å². The first-order valence-electron chi connectivity index (χ1n) is 5.92. The van der Waals surface area contributed by atoms with Crippen LogP contribution in [0.2, 0.25) is 0 Å². The van der Waals surface area contributed by atoms with Crippen molar-refractivity contribution < 1.29 is 0 Å². The second-order valence-electron chi connectivity index (χ2n) is 4.30. The number of nitrogens with two attached hydrogens (primary N) is 1. The van der Waals surface area contributed by atoms with Gasteiger partial charge in [0.05, 0.1) is 0 Å². The summed E-state index contributed by atoms with van der Waals surface area (Å²) >= 11 is 0. The summed E-state index contributed by atoms with van der Waals surface area (Å²) in [6, 6.07) is 0.421. The van der Waals surface area contributed by atoms with E-state index in [0.717, 1.165) is 5.92 Å². The van der Waals surface area contributed by atoms with Gasteiger partial charge in [-0.15, -0.1) is 0 Å².